The van der Waals surface area contributed by atoms with Gasteiger partial charge in [-0.25, -0.2) is 0 Å². The molecule has 0 saturated heterocycles. The van der Waals surface area contributed by atoms with E-state index in [-0.39, 0.29) is 24.2 Å². The number of methoxy groups -OCH3 is 1. The molecular weight excluding hydrogens is 226 g/mol. The van der Waals surface area contributed by atoms with E-state index in [1.807, 2.05) is 6.07 Å². The van der Waals surface area contributed by atoms with E-state index in [9.17, 15) is 5.11 Å². The van der Waals surface area contributed by atoms with Crippen molar-refractivity contribution in [2.45, 2.75) is 32.2 Å². The molecule has 1 rings (SSSR count). The highest BCUT2D eigenvalue weighted by Gasteiger charge is 2.08. The number of nitrogens with two attached hydrogens (primary N) is 1. The van der Waals surface area contributed by atoms with E-state index in [1.165, 1.54) is 7.11 Å². The maximum atomic E-state index is 9.59. The molecule has 3 nitrogen and oxygen atoms in total. The van der Waals surface area contributed by atoms with Crippen LogP contribution in [0, 0.1) is 0 Å². The molecule has 16 heavy (non-hydrogen) atoms. The Morgan fingerprint density at radius 2 is 2.12 bits per heavy atom. The number of phenols is 1. The van der Waals surface area contributed by atoms with E-state index in [2.05, 4.69) is 6.92 Å². The van der Waals surface area contributed by atoms with Crippen LogP contribution in [0.15, 0.2) is 18.2 Å². The van der Waals surface area contributed by atoms with Gasteiger partial charge in [-0.15, -0.1) is 12.4 Å². The minimum atomic E-state index is 0. The molecule has 0 saturated carbocycles. The number of benzene rings is 1. The lowest BCUT2D eigenvalue weighted by Gasteiger charge is -2.12. The van der Waals surface area contributed by atoms with Gasteiger partial charge in [0.2, 0.25) is 0 Å². The monoisotopic (exact) mass is 245 g/mol. The van der Waals surface area contributed by atoms with Crippen LogP contribution in [0.1, 0.15) is 37.8 Å². The van der Waals surface area contributed by atoms with E-state index in [0.717, 1.165) is 24.8 Å². The van der Waals surface area contributed by atoms with Gasteiger partial charge in [0.25, 0.3) is 0 Å². The molecule has 1 aromatic carbocycles. The van der Waals surface area contributed by atoms with Gasteiger partial charge in [0.05, 0.1) is 7.11 Å². The number of hydrogen-bond donors (Lipinski definition) is 2. The number of rotatable bonds is 5. The maximum Gasteiger partial charge on any atom is 0.160 e. The lowest BCUT2D eigenvalue weighted by Crippen LogP contribution is -2.09. The summed E-state index contributed by atoms with van der Waals surface area (Å²) >= 11 is 0. The minimum Gasteiger partial charge on any atom is -0.504 e. The van der Waals surface area contributed by atoms with Gasteiger partial charge in [-0.3, -0.25) is 0 Å². The minimum absolute atomic E-state index is 0. The molecule has 1 aromatic rings. The van der Waals surface area contributed by atoms with Crippen LogP contribution >= 0.6 is 12.4 Å². The molecule has 0 amide bonds. The van der Waals surface area contributed by atoms with E-state index in [0.29, 0.717) is 5.75 Å². The number of ether oxygens (including phenoxy) is 1. The van der Waals surface area contributed by atoms with Gasteiger partial charge in [0.15, 0.2) is 11.5 Å². The second-order valence-electron chi connectivity index (χ2n) is 3.68. The molecule has 0 heterocycles. The van der Waals surface area contributed by atoms with Gasteiger partial charge in [-0.1, -0.05) is 25.8 Å². The Bertz CT molecular complexity index is 318. The van der Waals surface area contributed by atoms with Gasteiger partial charge >= 0.3 is 0 Å². The highest BCUT2D eigenvalue weighted by Crippen LogP contribution is 2.29. The summed E-state index contributed by atoms with van der Waals surface area (Å²) in [5.41, 5.74) is 6.95. The van der Waals surface area contributed by atoms with Gasteiger partial charge < -0.3 is 15.6 Å². The topological polar surface area (TPSA) is 55.5 Å². The van der Waals surface area contributed by atoms with Crippen LogP contribution in [0.5, 0.6) is 11.5 Å². The quantitative estimate of drug-likeness (QED) is 0.839. The molecule has 0 aromatic heterocycles. The Hall–Kier alpha value is -0.930. The van der Waals surface area contributed by atoms with Crippen LogP contribution in [0.3, 0.4) is 0 Å². The zero-order valence-corrected chi connectivity index (χ0v) is 10.6. The Kier molecular flexibility index (Phi) is 6.93. The molecular formula is C12H20ClNO2. The molecule has 4 heteroatoms. The molecule has 0 bridgehead atoms. The fourth-order valence-electron chi connectivity index (χ4n) is 1.53. The van der Waals surface area contributed by atoms with Crippen LogP contribution in [0.2, 0.25) is 0 Å². The molecule has 0 radical (unpaired) electrons. The first-order valence-corrected chi connectivity index (χ1v) is 5.31. The van der Waals surface area contributed by atoms with Crippen LogP contribution in [0.25, 0.3) is 0 Å². The van der Waals surface area contributed by atoms with Crippen molar-refractivity contribution in [2.24, 2.45) is 5.73 Å². The van der Waals surface area contributed by atoms with E-state index >= 15 is 0 Å². The van der Waals surface area contributed by atoms with Crippen molar-refractivity contribution in [2.75, 3.05) is 7.11 Å². The van der Waals surface area contributed by atoms with Gasteiger partial charge in [-0.2, -0.15) is 0 Å². The molecule has 92 valence electrons. The predicted molar refractivity (Wildman–Crippen MR) is 68.4 cm³/mol. The molecule has 0 fully saturated rings. The molecule has 0 spiro atoms. The van der Waals surface area contributed by atoms with Crippen molar-refractivity contribution in [3.63, 3.8) is 0 Å². The van der Waals surface area contributed by atoms with E-state index in [1.54, 1.807) is 12.1 Å². The SMILES string of the molecule is CCCC[C@@H](N)c1ccc(OC)c(O)c1.Cl. The first-order chi connectivity index (χ1) is 7.19. The Morgan fingerprint density at radius 3 is 2.62 bits per heavy atom. The Balaban J connectivity index is 0.00000225. The van der Waals surface area contributed by atoms with Gasteiger partial charge in [0, 0.05) is 6.04 Å². The zero-order valence-electron chi connectivity index (χ0n) is 9.77. The second-order valence-corrected chi connectivity index (χ2v) is 3.68. The highest BCUT2D eigenvalue weighted by molar-refractivity contribution is 5.85. The van der Waals surface area contributed by atoms with Crippen molar-refractivity contribution >= 4 is 12.4 Å². The van der Waals surface area contributed by atoms with E-state index < -0.39 is 0 Å². The lowest BCUT2D eigenvalue weighted by atomic mass is 10.0. The van der Waals surface area contributed by atoms with Crippen molar-refractivity contribution < 1.29 is 9.84 Å². The average Bonchev–Trinajstić information content (AvgIpc) is 2.25. The normalized spacial score (nSPS) is 11.7. The number of phenolic OH excluding ortho intramolecular Hbond substituents is 1. The summed E-state index contributed by atoms with van der Waals surface area (Å²) < 4.78 is 4.97. The zero-order chi connectivity index (χ0) is 11.3. The summed E-state index contributed by atoms with van der Waals surface area (Å²) in [5.74, 6) is 0.642. The van der Waals surface area contributed by atoms with Crippen LogP contribution in [-0.2, 0) is 0 Å². The fraction of sp³-hybridized carbons (Fsp3) is 0.500. The summed E-state index contributed by atoms with van der Waals surface area (Å²) in [6.07, 6.45) is 3.19. The van der Waals surface area contributed by atoms with Crippen molar-refractivity contribution in [3.05, 3.63) is 23.8 Å². The third kappa shape index (κ3) is 3.91. The van der Waals surface area contributed by atoms with Crippen LogP contribution in [-0.4, -0.2) is 12.2 Å². The van der Waals surface area contributed by atoms with E-state index in [4.69, 9.17) is 10.5 Å². The summed E-state index contributed by atoms with van der Waals surface area (Å²) in [7, 11) is 1.53. The molecule has 3 N–H and O–H groups in total. The predicted octanol–water partition coefficient (Wildman–Crippen LogP) is 3.01. The third-order valence-corrected chi connectivity index (χ3v) is 2.50. The fourth-order valence-corrected chi connectivity index (χ4v) is 1.53. The summed E-state index contributed by atoms with van der Waals surface area (Å²) in [6, 6.07) is 5.33. The third-order valence-electron chi connectivity index (χ3n) is 2.50. The molecule has 1 atom stereocenters. The van der Waals surface area contributed by atoms with Gasteiger partial charge in [0.1, 0.15) is 0 Å². The average molecular weight is 246 g/mol. The Labute approximate surface area is 103 Å². The molecule has 0 aliphatic heterocycles. The Morgan fingerprint density at radius 1 is 1.44 bits per heavy atom. The number of halogens is 1. The molecule has 0 aliphatic rings. The smallest absolute Gasteiger partial charge is 0.160 e. The second kappa shape index (κ2) is 7.36. The maximum absolute atomic E-state index is 9.59. The van der Waals surface area contributed by atoms with Crippen molar-refractivity contribution in [3.8, 4) is 11.5 Å². The largest absolute Gasteiger partial charge is 0.504 e. The lowest BCUT2D eigenvalue weighted by molar-refractivity contribution is 0.372. The standard InChI is InChI=1S/C12H19NO2.ClH/c1-3-4-5-10(13)9-6-7-12(15-2)11(14)8-9;/h6-8,10,14H,3-5,13H2,1-2H3;1H/t10-;/m1./s1. The van der Waals surface area contributed by atoms with Gasteiger partial charge in [-0.05, 0) is 24.1 Å². The number of unbranched alkanes of at least 4 members (excludes halogenated alkanes) is 1. The van der Waals surface area contributed by atoms with Crippen molar-refractivity contribution in [1.82, 2.24) is 0 Å². The van der Waals surface area contributed by atoms with Crippen LogP contribution < -0.4 is 10.5 Å². The first kappa shape index (κ1) is 15.1. The highest BCUT2D eigenvalue weighted by atomic mass is 35.5. The van der Waals surface area contributed by atoms with Crippen molar-refractivity contribution in [1.29, 1.82) is 0 Å². The summed E-state index contributed by atoms with van der Waals surface area (Å²) in [5, 5.41) is 9.59. The van der Waals surface area contributed by atoms with Crippen LogP contribution in [0.4, 0.5) is 0 Å². The molecule has 0 aliphatic carbocycles. The number of aromatic hydroxyl groups is 1. The summed E-state index contributed by atoms with van der Waals surface area (Å²) in [6.45, 7) is 2.14. The summed E-state index contributed by atoms with van der Waals surface area (Å²) in [4.78, 5) is 0. The molecule has 0 unspecified atom stereocenters. The first-order valence-electron chi connectivity index (χ1n) is 5.31. The number of hydrogen-bond acceptors (Lipinski definition) is 3.